The van der Waals surface area contributed by atoms with Gasteiger partial charge in [-0.25, -0.2) is 0 Å². The van der Waals surface area contributed by atoms with Gasteiger partial charge in [0.25, 0.3) is 5.91 Å². The standard InChI is InChI=1S/C9H8N4O3S/c14-7(12-9-13-11-5-17-9)3-10-8(15)6-1-2-16-4-6/h1-2,4-5H,3H2,(H,10,15)(H,12,13,14). The number of rotatable bonds is 4. The summed E-state index contributed by atoms with van der Waals surface area (Å²) in [5.74, 6) is -0.732. The molecule has 88 valence electrons. The lowest BCUT2D eigenvalue weighted by molar-refractivity contribution is -0.115. The summed E-state index contributed by atoms with van der Waals surface area (Å²) < 4.78 is 4.75. The van der Waals surface area contributed by atoms with Crippen LogP contribution in [0, 0.1) is 0 Å². The van der Waals surface area contributed by atoms with Gasteiger partial charge in [-0.15, -0.1) is 10.2 Å². The van der Waals surface area contributed by atoms with E-state index in [1.54, 1.807) is 0 Å². The average molecular weight is 252 g/mol. The highest BCUT2D eigenvalue weighted by atomic mass is 32.1. The summed E-state index contributed by atoms with van der Waals surface area (Å²) >= 11 is 1.20. The van der Waals surface area contributed by atoms with Crippen molar-refractivity contribution in [2.45, 2.75) is 0 Å². The molecule has 0 bridgehead atoms. The van der Waals surface area contributed by atoms with Gasteiger partial charge in [-0.3, -0.25) is 14.9 Å². The van der Waals surface area contributed by atoms with Crippen LogP contribution in [-0.4, -0.2) is 28.6 Å². The van der Waals surface area contributed by atoms with Gasteiger partial charge in [0, 0.05) is 0 Å². The summed E-state index contributed by atoms with van der Waals surface area (Å²) in [5.41, 5.74) is 1.87. The fraction of sp³-hybridized carbons (Fsp3) is 0.111. The lowest BCUT2D eigenvalue weighted by atomic mass is 10.3. The first-order chi connectivity index (χ1) is 8.25. The van der Waals surface area contributed by atoms with Crippen molar-refractivity contribution in [1.29, 1.82) is 0 Å². The molecule has 7 nitrogen and oxygen atoms in total. The molecule has 0 saturated heterocycles. The molecule has 0 aliphatic heterocycles. The van der Waals surface area contributed by atoms with E-state index >= 15 is 0 Å². The van der Waals surface area contributed by atoms with Crippen LogP contribution in [0.4, 0.5) is 5.13 Å². The van der Waals surface area contributed by atoms with E-state index in [-0.39, 0.29) is 18.4 Å². The fourth-order valence-corrected chi connectivity index (χ4v) is 1.51. The van der Waals surface area contributed by atoms with Crippen molar-refractivity contribution in [3.63, 3.8) is 0 Å². The SMILES string of the molecule is O=C(CNC(=O)c1ccoc1)Nc1nncs1. The van der Waals surface area contributed by atoms with Crippen LogP contribution in [0.5, 0.6) is 0 Å². The summed E-state index contributed by atoms with van der Waals surface area (Å²) in [6.07, 6.45) is 2.69. The number of aromatic nitrogens is 2. The number of hydrogen-bond donors (Lipinski definition) is 2. The molecule has 0 aliphatic rings. The fourth-order valence-electron chi connectivity index (χ4n) is 1.05. The van der Waals surface area contributed by atoms with Crippen LogP contribution in [0.15, 0.2) is 28.5 Å². The van der Waals surface area contributed by atoms with Crippen LogP contribution in [0.2, 0.25) is 0 Å². The first-order valence-electron chi connectivity index (χ1n) is 4.62. The van der Waals surface area contributed by atoms with Crippen LogP contribution in [0.3, 0.4) is 0 Å². The summed E-state index contributed by atoms with van der Waals surface area (Å²) in [4.78, 5) is 22.8. The largest absolute Gasteiger partial charge is 0.472 e. The molecule has 0 spiro atoms. The highest BCUT2D eigenvalue weighted by molar-refractivity contribution is 7.13. The number of anilines is 1. The summed E-state index contributed by atoms with van der Waals surface area (Å²) in [5, 5.41) is 12.5. The molecule has 0 unspecified atom stereocenters. The van der Waals surface area contributed by atoms with Gasteiger partial charge in [0.15, 0.2) is 0 Å². The van der Waals surface area contributed by atoms with E-state index in [4.69, 9.17) is 4.42 Å². The van der Waals surface area contributed by atoms with Crippen LogP contribution in [0.25, 0.3) is 0 Å². The van der Waals surface area contributed by atoms with Crippen molar-refractivity contribution in [2.75, 3.05) is 11.9 Å². The summed E-state index contributed by atoms with van der Waals surface area (Å²) in [6.45, 7) is -0.135. The minimum absolute atomic E-state index is 0.135. The molecule has 2 heterocycles. The molecular formula is C9H8N4O3S. The van der Waals surface area contributed by atoms with Gasteiger partial charge < -0.3 is 9.73 Å². The van der Waals surface area contributed by atoms with Gasteiger partial charge in [-0.2, -0.15) is 0 Å². The Morgan fingerprint density at radius 1 is 1.47 bits per heavy atom. The Morgan fingerprint density at radius 3 is 3.00 bits per heavy atom. The highest BCUT2D eigenvalue weighted by Crippen LogP contribution is 2.07. The van der Waals surface area contributed by atoms with Crippen LogP contribution >= 0.6 is 11.3 Å². The molecule has 0 radical (unpaired) electrons. The Bertz CT molecular complexity index is 494. The molecule has 2 rings (SSSR count). The highest BCUT2D eigenvalue weighted by Gasteiger charge is 2.09. The monoisotopic (exact) mass is 252 g/mol. The molecule has 2 aromatic rings. The Labute approximate surface area is 99.8 Å². The Kier molecular flexibility index (Phi) is 3.46. The smallest absolute Gasteiger partial charge is 0.254 e. The average Bonchev–Trinajstić information content (AvgIpc) is 2.97. The molecule has 0 aliphatic carbocycles. The molecule has 0 saturated carbocycles. The topological polar surface area (TPSA) is 97.1 Å². The van der Waals surface area contributed by atoms with Crippen molar-refractivity contribution in [1.82, 2.24) is 15.5 Å². The first kappa shape index (κ1) is 11.3. The zero-order valence-corrected chi connectivity index (χ0v) is 9.36. The van der Waals surface area contributed by atoms with Crippen LogP contribution < -0.4 is 10.6 Å². The maximum Gasteiger partial charge on any atom is 0.254 e. The van der Waals surface area contributed by atoms with E-state index in [2.05, 4.69) is 20.8 Å². The van der Waals surface area contributed by atoms with Crippen LogP contribution in [0.1, 0.15) is 10.4 Å². The summed E-state index contributed by atoms with van der Waals surface area (Å²) in [7, 11) is 0. The zero-order valence-electron chi connectivity index (χ0n) is 8.54. The van der Waals surface area contributed by atoms with Crippen LogP contribution in [-0.2, 0) is 4.79 Å². The number of carbonyl (C=O) groups excluding carboxylic acids is 2. The van der Waals surface area contributed by atoms with Crippen molar-refractivity contribution >= 4 is 28.3 Å². The number of carbonyl (C=O) groups is 2. The minimum Gasteiger partial charge on any atom is -0.472 e. The molecule has 17 heavy (non-hydrogen) atoms. The molecule has 8 heteroatoms. The molecule has 2 amide bonds. The second kappa shape index (κ2) is 5.21. The Hall–Kier alpha value is -2.22. The number of hydrogen-bond acceptors (Lipinski definition) is 6. The van der Waals surface area contributed by atoms with E-state index in [0.717, 1.165) is 0 Å². The van der Waals surface area contributed by atoms with Gasteiger partial charge in [0.05, 0.1) is 18.4 Å². The van der Waals surface area contributed by atoms with E-state index < -0.39 is 0 Å². The van der Waals surface area contributed by atoms with E-state index in [1.165, 1.54) is 35.4 Å². The predicted molar refractivity (Wildman–Crippen MR) is 59.6 cm³/mol. The third-order valence-electron chi connectivity index (χ3n) is 1.80. The predicted octanol–water partition coefficient (Wildman–Crippen LogP) is 0.500. The van der Waals surface area contributed by atoms with Crippen molar-refractivity contribution in [3.05, 3.63) is 29.7 Å². The lowest BCUT2D eigenvalue weighted by Crippen LogP contribution is -2.32. The Balaban J connectivity index is 1.79. The van der Waals surface area contributed by atoms with Gasteiger partial charge in [0.1, 0.15) is 11.8 Å². The van der Waals surface area contributed by atoms with E-state index in [0.29, 0.717) is 10.7 Å². The van der Waals surface area contributed by atoms with Crippen molar-refractivity contribution < 1.29 is 14.0 Å². The maximum atomic E-state index is 11.4. The molecule has 0 fully saturated rings. The molecular weight excluding hydrogens is 244 g/mol. The van der Waals surface area contributed by atoms with Gasteiger partial charge >= 0.3 is 0 Å². The maximum absolute atomic E-state index is 11.4. The zero-order chi connectivity index (χ0) is 12.1. The van der Waals surface area contributed by atoms with Gasteiger partial charge in [-0.05, 0) is 6.07 Å². The molecule has 2 aromatic heterocycles. The first-order valence-corrected chi connectivity index (χ1v) is 5.50. The number of amides is 2. The lowest BCUT2D eigenvalue weighted by Gasteiger charge is -2.02. The second-order valence-electron chi connectivity index (χ2n) is 2.99. The molecule has 0 atom stereocenters. The van der Waals surface area contributed by atoms with Crippen molar-refractivity contribution in [2.24, 2.45) is 0 Å². The normalized spacial score (nSPS) is 9.88. The molecule has 0 aromatic carbocycles. The van der Waals surface area contributed by atoms with E-state index in [9.17, 15) is 9.59 Å². The quantitative estimate of drug-likeness (QED) is 0.825. The molecule has 2 N–H and O–H groups in total. The number of furan rings is 1. The number of nitrogens with zero attached hydrogens (tertiary/aromatic N) is 2. The van der Waals surface area contributed by atoms with Gasteiger partial charge in [-0.1, -0.05) is 11.3 Å². The third kappa shape index (κ3) is 3.11. The summed E-state index contributed by atoms with van der Waals surface area (Å²) in [6, 6.07) is 1.51. The van der Waals surface area contributed by atoms with Gasteiger partial charge in [0.2, 0.25) is 11.0 Å². The third-order valence-corrected chi connectivity index (χ3v) is 2.41. The number of nitrogens with one attached hydrogen (secondary N) is 2. The second-order valence-corrected chi connectivity index (χ2v) is 3.82. The van der Waals surface area contributed by atoms with E-state index in [1.807, 2.05) is 0 Å². The minimum atomic E-state index is -0.369. The Morgan fingerprint density at radius 2 is 2.35 bits per heavy atom. The van der Waals surface area contributed by atoms with Crippen molar-refractivity contribution in [3.8, 4) is 0 Å².